The van der Waals surface area contributed by atoms with Crippen molar-refractivity contribution >= 4 is 23.8 Å². The Morgan fingerprint density at radius 2 is 1.35 bits per heavy atom. The van der Waals surface area contributed by atoms with E-state index in [-0.39, 0.29) is 12.4 Å². The fraction of sp³-hybridized carbons (Fsp3) is 0.368. The lowest BCUT2D eigenvalue weighted by atomic mass is 10.2. The van der Waals surface area contributed by atoms with Crippen molar-refractivity contribution < 1.29 is 4.74 Å². The van der Waals surface area contributed by atoms with Crippen molar-refractivity contribution in [1.29, 1.82) is 0 Å². The summed E-state index contributed by atoms with van der Waals surface area (Å²) < 4.78 is 5.41. The van der Waals surface area contributed by atoms with Gasteiger partial charge in [-0.3, -0.25) is 4.90 Å². The van der Waals surface area contributed by atoms with E-state index in [0.717, 1.165) is 45.8 Å². The smallest absolute Gasteiger partial charge is 0.0594 e. The Morgan fingerprint density at radius 1 is 0.826 bits per heavy atom. The van der Waals surface area contributed by atoms with E-state index in [1.54, 1.807) is 0 Å². The summed E-state index contributed by atoms with van der Waals surface area (Å²) >= 11 is 0. The molecule has 0 spiro atoms. The molecule has 2 aromatic carbocycles. The van der Waals surface area contributed by atoms with Gasteiger partial charge in [0.2, 0.25) is 0 Å². The molecule has 0 radical (unpaired) electrons. The first-order valence-corrected chi connectivity index (χ1v) is 8.11. The fourth-order valence-corrected chi connectivity index (χ4v) is 2.90. The maximum atomic E-state index is 5.41. The van der Waals surface area contributed by atoms with Crippen LogP contribution in [0.25, 0.3) is 0 Å². The van der Waals surface area contributed by atoms with Crippen LogP contribution in [0.2, 0.25) is 0 Å². The summed E-state index contributed by atoms with van der Waals surface area (Å²) in [5, 5.41) is 0. The lowest BCUT2D eigenvalue weighted by Gasteiger charge is -2.29. The van der Waals surface area contributed by atoms with Crippen LogP contribution in [0.4, 0.5) is 11.4 Å². The Bertz CT molecular complexity index is 504. The average Bonchev–Trinajstić information content (AvgIpc) is 2.61. The molecule has 0 saturated carbocycles. The second kappa shape index (κ2) is 9.56. The van der Waals surface area contributed by atoms with Gasteiger partial charge in [-0.05, 0) is 30.7 Å². The molecule has 3 nitrogen and oxygen atoms in total. The molecule has 23 heavy (non-hydrogen) atoms. The molecular formula is C19H25ClN2O. The molecular weight excluding hydrogens is 308 g/mol. The third kappa shape index (κ3) is 5.24. The van der Waals surface area contributed by atoms with Gasteiger partial charge in [0.1, 0.15) is 0 Å². The van der Waals surface area contributed by atoms with E-state index in [0.29, 0.717) is 0 Å². The van der Waals surface area contributed by atoms with E-state index in [1.807, 2.05) is 0 Å². The number of anilines is 2. The first kappa shape index (κ1) is 17.8. The second-order valence-electron chi connectivity index (χ2n) is 5.63. The lowest BCUT2D eigenvalue weighted by Crippen LogP contribution is -2.37. The highest BCUT2D eigenvalue weighted by Gasteiger charge is 2.12. The number of hydrogen-bond donors (Lipinski definition) is 0. The fourth-order valence-electron chi connectivity index (χ4n) is 2.90. The number of para-hydroxylation sites is 2. The number of morpholine rings is 1. The van der Waals surface area contributed by atoms with Crippen LogP contribution in [0.5, 0.6) is 0 Å². The summed E-state index contributed by atoms with van der Waals surface area (Å²) in [5.74, 6) is 0. The minimum Gasteiger partial charge on any atom is -0.379 e. The van der Waals surface area contributed by atoms with Crippen molar-refractivity contribution in [3.63, 3.8) is 0 Å². The molecule has 0 N–H and O–H groups in total. The molecule has 2 aromatic rings. The highest BCUT2D eigenvalue weighted by molar-refractivity contribution is 5.85. The zero-order chi connectivity index (χ0) is 15.0. The van der Waals surface area contributed by atoms with Crippen molar-refractivity contribution in [3.8, 4) is 0 Å². The largest absolute Gasteiger partial charge is 0.379 e. The van der Waals surface area contributed by atoms with Gasteiger partial charge in [-0.2, -0.15) is 0 Å². The van der Waals surface area contributed by atoms with Crippen LogP contribution in [0, 0.1) is 0 Å². The zero-order valence-electron chi connectivity index (χ0n) is 13.4. The Morgan fingerprint density at radius 3 is 1.87 bits per heavy atom. The van der Waals surface area contributed by atoms with Gasteiger partial charge in [0.15, 0.2) is 0 Å². The first-order valence-electron chi connectivity index (χ1n) is 8.11. The molecule has 4 heteroatoms. The highest BCUT2D eigenvalue weighted by Crippen LogP contribution is 2.24. The van der Waals surface area contributed by atoms with Gasteiger partial charge in [-0.25, -0.2) is 0 Å². The summed E-state index contributed by atoms with van der Waals surface area (Å²) in [6.07, 6.45) is 1.16. The van der Waals surface area contributed by atoms with Crippen molar-refractivity contribution in [1.82, 2.24) is 4.90 Å². The average molecular weight is 333 g/mol. The maximum Gasteiger partial charge on any atom is 0.0594 e. The van der Waals surface area contributed by atoms with E-state index in [4.69, 9.17) is 4.74 Å². The molecule has 124 valence electrons. The van der Waals surface area contributed by atoms with Crippen LogP contribution < -0.4 is 4.90 Å². The second-order valence-corrected chi connectivity index (χ2v) is 5.63. The molecule has 0 aromatic heterocycles. The summed E-state index contributed by atoms with van der Waals surface area (Å²) in [5.41, 5.74) is 2.52. The Labute approximate surface area is 145 Å². The molecule has 3 rings (SSSR count). The number of benzene rings is 2. The quantitative estimate of drug-likeness (QED) is 0.796. The summed E-state index contributed by atoms with van der Waals surface area (Å²) in [7, 11) is 0. The first-order chi connectivity index (χ1) is 10.9. The van der Waals surface area contributed by atoms with Crippen molar-refractivity contribution in [2.75, 3.05) is 44.3 Å². The molecule has 0 unspecified atom stereocenters. The van der Waals surface area contributed by atoms with Gasteiger partial charge in [-0.1, -0.05) is 36.4 Å². The minimum absolute atomic E-state index is 0. The molecule has 0 atom stereocenters. The number of rotatable bonds is 6. The van der Waals surface area contributed by atoms with Crippen molar-refractivity contribution in [2.45, 2.75) is 6.42 Å². The van der Waals surface area contributed by atoms with Gasteiger partial charge in [0.25, 0.3) is 0 Å². The van der Waals surface area contributed by atoms with E-state index in [9.17, 15) is 0 Å². The SMILES string of the molecule is Cl.c1ccc(N(CCCN2CCOCC2)c2ccccc2)cc1. The van der Waals surface area contributed by atoms with Crippen LogP contribution in [-0.4, -0.2) is 44.3 Å². The molecule has 0 aliphatic carbocycles. The predicted octanol–water partition coefficient (Wildman–Crippen LogP) is 3.97. The van der Waals surface area contributed by atoms with E-state index in [1.165, 1.54) is 11.4 Å². The van der Waals surface area contributed by atoms with E-state index >= 15 is 0 Å². The topological polar surface area (TPSA) is 15.7 Å². The highest BCUT2D eigenvalue weighted by atomic mass is 35.5. The molecule has 0 amide bonds. The Hall–Kier alpha value is -1.55. The van der Waals surface area contributed by atoms with Gasteiger partial charge in [0, 0.05) is 37.6 Å². The normalized spacial score (nSPS) is 15.0. The molecule has 1 fully saturated rings. The number of nitrogens with zero attached hydrogens (tertiary/aromatic N) is 2. The standard InChI is InChI=1S/C19H24N2O.ClH/c1-3-8-18(9-4-1)21(19-10-5-2-6-11-19)13-7-12-20-14-16-22-17-15-20;/h1-6,8-11H,7,12-17H2;1H. The predicted molar refractivity (Wildman–Crippen MR) is 99.0 cm³/mol. The number of ether oxygens (including phenoxy) is 1. The van der Waals surface area contributed by atoms with Gasteiger partial charge in [0.05, 0.1) is 13.2 Å². The molecule has 1 aliphatic rings. The van der Waals surface area contributed by atoms with Crippen LogP contribution in [0.1, 0.15) is 6.42 Å². The van der Waals surface area contributed by atoms with E-state index < -0.39 is 0 Å². The lowest BCUT2D eigenvalue weighted by molar-refractivity contribution is 0.0377. The molecule has 1 aliphatic heterocycles. The number of hydrogen-bond acceptors (Lipinski definition) is 3. The molecule has 1 saturated heterocycles. The van der Waals surface area contributed by atoms with Crippen LogP contribution in [0.15, 0.2) is 60.7 Å². The third-order valence-electron chi connectivity index (χ3n) is 4.10. The summed E-state index contributed by atoms with van der Waals surface area (Å²) in [6.45, 7) is 6.06. The molecule has 0 bridgehead atoms. The van der Waals surface area contributed by atoms with Crippen LogP contribution in [0.3, 0.4) is 0 Å². The monoisotopic (exact) mass is 332 g/mol. The van der Waals surface area contributed by atoms with E-state index in [2.05, 4.69) is 70.5 Å². The zero-order valence-corrected chi connectivity index (χ0v) is 14.3. The maximum absolute atomic E-state index is 5.41. The van der Waals surface area contributed by atoms with Gasteiger partial charge < -0.3 is 9.64 Å². The summed E-state index contributed by atoms with van der Waals surface area (Å²) in [4.78, 5) is 4.90. The Balaban J connectivity index is 0.00000192. The number of halogens is 1. The van der Waals surface area contributed by atoms with Gasteiger partial charge >= 0.3 is 0 Å². The van der Waals surface area contributed by atoms with Crippen LogP contribution >= 0.6 is 12.4 Å². The minimum atomic E-state index is 0. The molecule has 1 heterocycles. The third-order valence-corrected chi connectivity index (χ3v) is 4.10. The van der Waals surface area contributed by atoms with Crippen LogP contribution in [-0.2, 0) is 4.74 Å². The van der Waals surface area contributed by atoms with Gasteiger partial charge in [-0.15, -0.1) is 12.4 Å². The Kier molecular flexibility index (Phi) is 7.40. The van der Waals surface area contributed by atoms with Crippen molar-refractivity contribution in [3.05, 3.63) is 60.7 Å². The van der Waals surface area contributed by atoms with Crippen molar-refractivity contribution in [2.24, 2.45) is 0 Å². The summed E-state index contributed by atoms with van der Waals surface area (Å²) in [6, 6.07) is 21.3.